The Hall–Kier alpha value is -1.84. The molecule has 20 heavy (non-hydrogen) atoms. The second-order valence-electron chi connectivity index (χ2n) is 4.19. The van der Waals surface area contributed by atoms with Gasteiger partial charge in [-0.1, -0.05) is 41.9 Å². The predicted molar refractivity (Wildman–Crippen MR) is 80.6 cm³/mol. The van der Waals surface area contributed by atoms with E-state index in [1.165, 1.54) is 6.33 Å². The first kappa shape index (κ1) is 13.2. The molecular formula is C15H10Cl2N2O. The van der Waals surface area contributed by atoms with E-state index in [-0.39, 0.29) is 5.88 Å². The van der Waals surface area contributed by atoms with Gasteiger partial charge in [-0.25, -0.2) is 9.97 Å². The lowest BCUT2D eigenvalue weighted by Gasteiger charge is -2.09. The highest BCUT2D eigenvalue weighted by atomic mass is 35.5. The van der Waals surface area contributed by atoms with Crippen LogP contribution in [0.4, 0.5) is 0 Å². The standard InChI is InChI=1S/C15H10Cl2N2O/c16-8-13-14(17)18-9-19-15(13)20-12-6-5-10-3-1-2-4-11(10)7-12/h1-7,9H,8H2. The number of rotatable bonds is 3. The highest BCUT2D eigenvalue weighted by molar-refractivity contribution is 6.31. The molecular weight excluding hydrogens is 295 g/mol. The summed E-state index contributed by atoms with van der Waals surface area (Å²) in [5.41, 5.74) is 0.587. The first-order valence-electron chi connectivity index (χ1n) is 6.00. The van der Waals surface area contributed by atoms with Crippen molar-refractivity contribution in [1.29, 1.82) is 0 Å². The summed E-state index contributed by atoms with van der Waals surface area (Å²) in [7, 11) is 0. The Morgan fingerprint density at radius 3 is 2.60 bits per heavy atom. The van der Waals surface area contributed by atoms with Crippen LogP contribution in [0.3, 0.4) is 0 Å². The predicted octanol–water partition coefficient (Wildman–Crippen LogP) is 4.81. The van der Waals surface area contributed by atoms with Crippen LogP contribution < -0.4 is 4.74 Å². The maximum atomic E-state index is 5.98. The third-order valence-electron chi connectivity index (χ3n) is 2.92. The number of aromatic nitrogens is 2. The van der Waals surface area contributed by atoms with Crippen molar-refractivity contribution < 1.29 is 4.74 Å². The molecule has 0 spiro atoms. The molecule has 0 atom stereocenters. The number of alkyl halides is 1. The molecule has 2 aromatic carbocycles. The molecule has 0 amide bonds. The molecule has 0 aliphatic heterocycles. The van der Waals surface area contributed by atoms with E-state index in [1.807, 2.05) is 42.5 Å². The zero-order valence-corrected chi connectivity index (χ0v) is 11.9. The van der Waals surface area contributed by atoms with Crippen molar-refractivity contribution in [2.45, 2.75) is 5.88 Å². The first-order valence-corrected chi connectivity index (χ1v) is 6.91. The first-order chi connectivity index (χ1) is 9.78. The number of benzene rings is 2. The highest BCUT2D eigenvalue weighted by Crippen LogP contribution is 2.29. The molecule has 3 rings (SSSR count). The van der Waals surface area contributed by atoms with E-state index in [1.54, 1.807) is 0 Å². The van der Waals surface area contributed by atoms with Crippen molar-refractivity contribution in [2.75, 3.05) is 0 Å². The Balaban J connectivity index is 1.99. The molecule has 1 aromatic heterocycles. The fourth-order valence-electron chi connectivity index (χ4n) is 1.92. The molecule has 0 radical (unpaired) electrons. The van der Waals surface area contributed by atoms with Crippen molar-refractivity contribution in [2.24, 2.45) is 0 Å². The highest BCUT2D eigenvalue weighted by Gasteiger charge is 2.11. The zero-order chi connectivity index (χ0) is 13.9. The minimum absolute atomic E-state index is 0.197. The van der Waals surface area contributed by atoms with Crippen LogP contribution in [0.1, 0.15) is 5.56 Å². The van der Waals surface area contributed by atoms with Gasteiger partial charge in [0.05, 0.1) is 11.4 Å². The van der Waals surface area contributed by atoms with Crippen molar-refractivity contribution in [1.82, 2.24) is 9.97 Å². The number of fused-ring (bicyclic) bond motifs is 1. The van der Waals surface area contributed by atoms with Crippen LogP contribution in [0.2, 0.25) is 5.15 Å². The fourth-order valence-corrected chi connectivity index (χ4v) is 2.42. The van der Waals surface area contributed by atoms with Gasteiger partial charge in [0.15, 0.2) is 0 Å². The fraction of sp³-hybridized carbons (Fsp3) is 0.0667. The lowest BCUT2D eigenvalue weighted by Crippen LogP contribution is -1.95. The quantitative estimate of drug-likeness (QED) is 0.514. The number of hydrogen-bond acceptors (Lipinski definition) is 3. The Morgan fingerprint density at radius 1 is 1.00 bits per heavy atom. The summed E-state index contributed by atoms with van der Waals surface area (Å²) in [4.78, 5) is 7.98. The van der Waals surface area contributed by atoms with Gasteiger partial charge < -0.3 is 4.74 Å². The maximum Gasteiger partial charge on any atom is 0.228 e. The van der Waals surface area contributed by atoms with E-state index >= 15 is 0 Å². The van der Waals surface area contributed by atoms with Gasteiger partial charge in [0.25, 0.3) is 0 Å². The van der Waals surface area contributed by atoms with Gasteiger partial charge in [0, 0.05) is 0 Å². The van der Waals surface area contributed by atoms with Crippen molar-refractivity contribution >= 4 is 34.0 Å². The Bertz CT molecular complexity index is 762. The number of hydrogen-bond donors (Lipinski definition) is 0. The van der Waals surface area contributed by atoms with E-state index in [0.29, 0.717) is 22.3 Å². The summed E-state index contributed by atoms with van der Waals surface area (Å²) in [6, 6.07) is 13.9. The molecule has 0 bridgehead atoms. The van der Waals surface area contributed by atoms with Crippen molar-refractivity contribution in [3.63, 3.8) is 0 Å². The maximum absolute atomic E-state index is 5.98. The minimum atomic E-state index is 0.197. The minimum Gasteiger partial charge on any atom is -0.439 e. The van der Waals surface area contributed by atoms with Crippen LogP contribution >= 0.6 is 23.2 Å². The normalized spacial score (nSPS) is 10.7. The molecule has 100 valence electrons. The monoisotopic (exact) mass is 304 g/mol. The van der Waals surface area contributed by atoms with Gasteiger partial charge in [-0.2, -0.15) is 0 Å². The number of ether oxygens (including phenoxy) is 1. The third-order valence-corrected chi connectivity index (χ3v) is 3.52. The van der Waals surface area contributed by atoms with Gasteiger partial charge in [0.1, 0.15) is 17.2 Å². The Morgan fingerprint density at radius 2 is 1.80 bits per heavy atom. The van der Waals surface area contributed by atoms with Gasteiger partial charge in [0.2, 0.25) is 5.88 Å². The molecule has 3 aromatic rings. The van der Waals surface area contributed by atoms with Gasteiger partial charge in [-0.3, -0.25) is 0 Å². The van der Waals surface area contributed by atoms with Crippen LogP contribution in [0.5, 0.6) is 11.6 Å². The lowest BCUT2D eigenvalue weighted by atomic mass is 10.1. The number of nitrogens with zero attached hydrogens (tertiary/aromatic N) is 2. The molecule has 3 nitrogen and oxygen atoms in total. The second-order valence-corrected chi connectivity index (χ2v) is 4.82. The summed E-state index contributed by atoms with van der Waals surface area (Å²) in [6.07, 6.45) is 1.36. The van der Waals surface area contributed by atoms with Gasteiger partial charge >= 0.3 is 0 Å². The summed E-state index contributed by atoms with van der Waals surface area (Å²) in [5.74, 6) is 1.27. The molecule has 0 N–H and O–H groups in total. The van der Waals surface area contributed by atoms with Crippen LogP contribution in [-0.4, -0.2) is 9.97 Å². The van der Waals surface area contributed by atoms with Crippen molar-refractivity contribution in [3.05, 3.63) is 59.5 Å². The van der Waals surface area contributed by atoms with Crippen LogP contribution in [-0.2, 0) is 5.88 Å². The molecule has 0 aliphatic rings. The second kappa shape index (κ2) is 5.65. The van der Waals surface area contributed by atoms with Crippen molar-refractivity contribution in [3.8, 4) is 11.6 Å². The summed E-state index contributed by atoms with van der Waals surface area (Å²) < 4.78 is 5.77. The molecule has 1 heterocycles. The lowest BCUT2D eigenvalue weighted by molar-refractivity contribution is 0.457. The molecule has 0 saturated carbocycles. The SMILES string of the molecule is ClCc1c(Cl)ncnc1Oc1ccc2ccccc2c1. The summed E-state index contributed by atoms with van der Waals surface area (Å²) >= 11 is 11.8. The van der Waals surface area contributed by atoms with Crippen LogP contribution in [0.15, 0.2) is 48.8 Å². The van der Waals surface area contributed by atoms with Gasteiger partial charge in [-0.15, -0.1) is 11.6 Å². The smallest absolute Gasteiger partial charge is 0.228 e. The van der Waals surface area contributed by atoms with Crippen LogP contribution in [0, 0.1) is 0 Å². The van der Waals surface area contributed by atoms with Crippen LogP contribution in [0.25, 0.3) is 10.8 Å². The zero-order valence-electron chi connectivity index (χ0n) is 10.4. The largest absolute Gasteiger partial charge is 0.439 e. The molecule has 0 unspecified atom stereocenters. The van der Waals surface area contributed by atoms with E-state index in [4.69, 9.17) is 27.9 Å². The summed E-state index contributed by atoms with van der Waals surface area (Å²) in [6.45, 7) is 0. The average Bonchev–Trinajstić information content (AvgIpc) is 2.47. The molecule has 0 saturated heterocycles. The third kappa shape index (κ3) is 2.55. The Kier molecular flexibility index (Phi) is 3.72. The van der Waals surface area contributed by atoms with E-state index in [0.717, 1.165) is 10.8 Å². The topological polar surface area (TPSA) is 35.0 Å². The molecule has 0 aliphatic carbocycles. The van der Waals surface area contributed by atoms with E-state index in [2.05, 4.69) is 9.97 Å². The van der Waals surface area contributed by atoms with E-state index < -0.39 is 0 Å². The number of halogens is 2. The van der Waals surface area contributed by atoms with Gasteiger partial charge in [-0.05, 0) is 22.9 Å². The average molecular weight is 305 g/mol. The summed E-state index contributed by atoms with van der Waals surface area (Å²) in [5, 5.41) is 2.56. The molecule has 0 fully saturated rings. The van der Waals surface area contributed by atoms with E-state index in [9.17, 15) is 0 Å². The Labute approximate surface area is 126 Å². The molecule has 5 heteroatoms.